The van der Waals surface area contributed by atoms with Crippen LogP contribution in [-0.2, 0) is 4.84 Å². The molecule has 0 saturated heterocycles. The van der Waals surface area contributed by atoms with E-state index in [0.29, 0.717) is 11.4 Å². The third-order valence-electron chi connectivity index (χ3n) is 2.41. The molecule has 88 valence electrons. The van der Waals surface area contributed by atoms with Gasteiger partial charge in [0.05, 0.1) is 5.71 Å². The highest BCUT2D eigenvalue weighted by atomic mass is 16.6. The summed E-state index contributed by atoms with van der Waals surface area (Å²) in [7, 11) is 0. The van der Waals surface area contributed by atoms with Crippen molar-refractivity contribution in [2.75, 3.05) is 0 Å². The molecule has 1 aliphatic rings. The second-order valence-electron chi connectivity index (χ2n) is 3.85. The molecule has 1 aliphatic heterocycles. The van der Waals surface area contributed by atoms with Gasteiger partial charge in [0.2, 0.25) is 5.88 Å². The highest BCUT2D eigenvalue weighted by Crippen LogP contribution is 2.08. The summed E-state index contributed by atoms with van der Waals surface area (Å²) in [4.78, 5) is 17.0. The van der Waals surface area contributed by atoms with Gasteiger partial charge >= 0.3 is 0 Å². The minimum absolute atomic E-state index is 0.188. The SMILES string of the molecule is CC1=NOC(NC(=O)c2ccccc2)=CCC1. The van der Waals surface area contributed by atoms with Crippen LogP contribution in [0, 0.1) is 0 Å². The van der Waals surface area contributed by atoms with Crippen LogP contribution in [0.2, 0.25) is 0 Å². The number of hydrogen-bond donors (Lipinski definition) is 1. The molecule has 1 aromatic carbocycles. The van der Waals surface area contributed by atoms with E-state index in [1.54, 1.807) is 12.1 Å². The Balaban J connectivity index is 2.02. The second-order valence-corrected chi connectivity index (χ2v) is 3.85. The van der Waals surface area contributed by atoms with E-state index < -0.39 is 0 Å². The maximum Gasteiger partial charge on any atom is 0.258 e. The van der Waals surface area contributed by atoms with E-state index in [4.69, 9.17) is 4.84 Å². The summed E-state index contributed by atoms with van der Waals surface area (Å²) in [5, 5.41) is 6.57. The Morgan fingerprint density at radius 1 is 1.35 bits per heavy atom. The lowest BCUT2D eigenvalue weighted by atomic mass is 10.2. The number of carbonyl (C=O) groups excluding carboxylic acids is 1. The van der Waals surface area contributed by atoms with Gasteiger partial charge in [0.15, 0.2) is 0 Å². The fourth-order valence-corrected chi connectivity index (χ4v) is 1.47. The molecule has 0 saturated carbocycles. The molecular weight excluding hydrogens is 216 g/mol. The van der Waals surface area contributed by atoms with Gasteiger partial charge in [-0.3, -0.25) is 10.1 Å². The van der Waals surface area contributed by atoms with E-state index >= 15 is 0 Å². The summed E-state index contributed by atoms with van der Waals surface area (Å²) in [6.07, 6.45) is 3.51. The van der Waals surface area contributed by atoms with Crippen molar-refractivity contribution in [1.82, 2.24) is 5.32 Å². The van der Waals surface area contributed by atoms with Crippen molar-refractivity contribution in [2.45, 2.75) is 19.8 Å². The lowest BCUT2D eigenvalue weighted by Gasteiger charge is -2.06. The predicted molar refractivity (Wildman–Crippen MR) is 65.4 cm³/mol. The summed E-state index contributed by atoms with van der Waals surface area (Å²) >= 11 is 0. The van der Waals surface area contributed by atoms with Gasteiger partial charge in [0.25, 0.3) is 5.91 Å². The first-order valence-corrected chi connectivity index (χ1v) is 5.53. The third-order valence-corrected chi connectivity index (χ3v) is 2.41. The highest BCUT2D eigenvalue weighted by Gasteiger charge is 2.10. The Labute approximate surface area is 100.0 Å². The fraction of sp³-hybridized carbons (Fsp3) is 0.231. The number of rotatable bonds is 2. The third kappa shape index (κ3) is 3.17. The van der Waals surface area contributed by atoms with Crippen LogP contribution in [0.4, 0.5) is 0 Å². The quantitative estimate of drug-likeness (QED) is 0.848. The zero-order chi connectivity index (χ0) is 12.1. The van der Waals surface area contributed by atoms with Crippen molar-refractivity contribution in [3.8, 4) is 0 Å². The molecule has 17 heavy (non-hydrogen) atoms. The van der Waals surface area contributed by atoms with E-state index in [0.717, 1.165) is 18.6 Å². The Kier molecular flexibility index (Phi) is 3.55. The van der Waals surface area contributed by atoms with Gasteiger partial charge in [-0.05, 0) is 38.0 Å². The van der Waals surface area contributed by atoms with Crippen LogP contribution in [-0.4, -0.2) is 11.6 Å². The normalized spacial score (nSPS) is 15.1. The van der Waals surface area contributed by atoms with Gasteiger partial charge in [0.1, 0.15) is 0 Å². The Morgan fingerprint density at radius 2 is 2.12 bits per heavy atom. The number of nitrogens with one attached hydrogen (secondary N) is 1. The average Bonchev–Trinajstić information content (AvgIpc) is 2.56. The Bertz CT molecular complexity index is 464. The molecule has 0 aliphatic carbocycles. The summed E-state index contributed by atoms with van der Waals surface area (Å²) in [5.74, 6) is 0.210. The van der Waals surface area contributed by atoms with E-state index in [1.807, 2.05) is 31.2 Å². The Morgan fingerprint density at radius 3 is 2.88 bits per heavy atom. The standard InChI is InChI=1S/C13H14N2O2/c1-10-6-5-9-12(17-15-10)14-13(16)11-7-3-2-4-8-11/h2-4,7-9H,5-6H2,1H3,(H,14,16). The molecule has 0 unspecified atom stereocenters. The number of carbonyl (C=O) groups is 1. The molecular formula is C13H14N2O2. The van der Waals surface area contributed by atoms with Crippen molar-refractivity contribution in [3.63, 3.8) is 0 Å². The number of allylic oxidation sites excluding steroid dienone is 1. The topological polar surface area (TPSA) is 50.7 Å². The van der Waals surface area contributed by atoms with Crippen molar-refractivity contribution in [1.29, 1.82) is 0 Å². The zero-order valence-electron chi connectivity index (χ0n) is 9.64. The van der Waals surface area contributed by atoms with Gasteiger partial charge in [-0.1, -0.05) is 23.4 Å². The summed E-state index contributed by atoms with van der Waals surface area (Å²) < 4.78 is 0. The van der Waals surface area contributed by atoms with Crippen molar-refractivity contribution >= 4 is 11.6 Å². The minimum Gasteiger partial charge on any atom is -0.339 e. The van der Waals surface area contributed by atoms with Crippen LogP contribution >= 0.6 is 0 Å². The lowest BCUT2D eigenvalue weighted by molar-refractivity contribution is 0.0921. The number of benzene rings is 1. The predicted octanol–water partition coefficient (Wildman–Crippen LogP) is 2.44. The van der Waals surface area contributed by atoms with Gasteiger partial charge in [-0.15, -0.1) is 0 Å². The molecule has 0 aromatic heterocycles. The number of oxime groups is 1. The average molecular weight is 230 g/mol. The van der Waals surface area contributed by atoms with Crippen LogP contribution in [0.15, 0.2) is 47.4 Å². The molecule has 0 atom stereocenters. The summed E-state index contributed by atoms with van der Waals surface area (Å²) in [6.45, 7) is 1.90. The van der Waals surface area contributed by atoms with Crippen LogP contribution in [0.5, 0.6) is 0 Å². The monoisotopic (exact) mass is 230 g/mol. The molecule has 1 heterocycles. The maximum absolute atomic E-state index is 11.8. The van der Waals surface area contributed by atoms with E-state index in [9.17, 15) is 4.79 Å². The van der Waals surface area contributed by atoms with Crippen molar-refractivity contribution in [2.24, 2.45) is 5.16 Å². The van der Waals surface area contributed by atoms with Crippen molar-refractivity contribution in [3.05, 3.63) is 47.9 Å². The molecule has 0 bridgehead atoms. The molecule has 2 rings (SSSR count). The molecule has 1 N–H and O–H groups in total. The van der Waals surface area contributed by atoms with Gasteiger partial charge < -0.3 is 4.84 Å². The summed E-state index contributed by atoms with van der Waals surface area (Å²) in [5.41, 5.74) is 1.52. The molecule has 0 fully saturated rings. The highest BCUT2D eigenvalue weighted by molar-refractivity contribution is 5.95. The smallest absolute Gasteiger partial charge is 0.258 e. The largest absolute Gasteiger partial charge is 0.339 e. The molecule has 4 heteroatoms. The van der Waals surface area contributed by atoms with Crippen LogP contribution in [0.25, 0.3) is 0 Å². The van der Waals surface area contributed by atoms with E-state index in [-0.39, 0.29) is 5.91 Å². The number of hydrogen-bond acceptors (Lipinski definition) is 3. The van der Waals surface area contributed by atoms with Crippen molar-refractivity contribution < 1.29 is 9.63 Å². The minimum atomic E-state index is -0.188. The first-order chi connectivity index (χ1) is 8.25. The molecule has 4 nitrogen and oxygen atoms in total. The van der Waals surface area contributed by atoms with E-state index in [2.05, 4.69) is 10.5 Å². The zero-order valence-corrected chi connectivity index (χ0v) is 9.64. The van der Waals surface area contributed by atoms with Crippen LogP contribution in [0.3, 0.4) is 0 Å². The van der Waals surface area contributed by atoms with Gasteiger partial charge in [-0.25, -0.2) is 0 Å². The number of amides is 1. The van der Waals surface area contributed by atoms with Crippen LogP contribution < -0.4 is 5.32 Å². The Hall–Kier alpha value is -2.10. The first kappa shape index (κ1) is 11.4. The molecule has 1 aromatic rings. The molecule has 0 radical (unpaired) electrons. The van der Waals surface area contributed by atoms with Gasteiger partial charge in [-0.2, -0.15) is 0 Å². The molecule has 1 amide bonds. The van der Waals surface area contributed by atoms with E-state index in [1.165, 1.54) is 0 Å². The number of nitrogens with zero attached hydrogens (tertiary/aromatic N) is 1. The maximum atomic E-state index is 11.8. The van der Waals surface area contributed by atoms with Gasteiger partial charge in [0, 0.05) is 5.56 Å². The second kappa shape index (κ2) is 5.30. The first-order valence-electron chi connectivity index (χ1n) is 5.53. The van der Waals surface area contributed by atoms with Crippen LogP contribution in [0.1, 0.15) is 30.1 Å². The fourth-order valence-electron chi connectivity index (χ4n) is 1.47. The summed E-state index contributed by atoms with van der Waals surface area (Å²) in [6, 6.07) is 9.01. The molecule has 0 spiro atoms. The lowest BCUT2D eigenvalue weighted by Crippen LogP contribution is -2.23.